The second-order valence-electron chi connectivity index (χ2n) is 4.27. The van der Waals surface area contributed by atoms with Crippen LogP contribution in [-0.2, 0) is 9.53 Å². The highest BCUT2D eigenvalue weighted by Crippen LogP contribution is 2.46. The SMILES string of the molecule is O=C1NC2=CCCCC2C12C=COC=C2. The molecule has 3 nitrogen and oxygen atoms in total. The van der Waals surface area contributed by atoms with Crippen LogP contribution in [0.15, 0.2) is 36.4 Å². The summed E-state index contributed by atoms with van der Waals surface area (Å²) in [5.74, 6) is 0.367. The highest BCUT2D eigenvalue weighted by atomic mass is 16.5. The molecule has 1 unspecified atom stereocenters. The van der Waals surface area contributed by atoms with Gasteiger partial charge in [-0.3, -0.25) is 4.79 Å². The van der Waals surface area contributed by atoms with Gasteiger partial charge in [0, 0.05) is 11.6 Å². The average molecular weight is 203 g/mol. The van der Waals surface area contributed by atoms with E-state index in [0.717, 1.165) is 25.0 Å². The molecular weight excluding hydrogens is 190 g/mol. The van der Waals surface area contributed by atoms with Gasteiger partial charge in [0.15, 0.2) is 0 Å². The van der Waals surface area contributed by atoms with E-state index in [-0.39, 0.29) is 11.8 Å². The summed E-state index contributed by atoms with van der Waals surface area (Å²) in [6.07, 6.45) is 12.4. The zero-order valence-electron chi connectivity index (χ0n) is 8.40. The molecule has 0 saturated carbocycles. The van der Waals surface area contributed by atoms with E-state index in [1.54, 1.807) is 12.5 Å². The molecule has 3 rings (SSSR count). The fraction of sp³-hybridized carbons (Fsp3) is 0.417. The Balaban J connectivity index is 2.07. The van der Waals surface area contributed by atoms with Crippen LogP contribution in [0.25, 0.3) is 0 Å². The zero-order chi connectivity index (χ0) is 10.3. The van der Waals surface area contributed by atoms with Crippen LogP contribution in [0.5, 0.6) is 0 Å². The van der Waals surface area contributed by atoms with E-state index in [2.05, 4.69) is 11.4 Å². The minimum atomic E-state index is -0.482. The number of amides is 1. The van der Waals surface area contributed by atoms with E-state index >= 15 is 0 Å². The van der Waals surface area contributed by atoms with Crippen molar-refractivity contribution >= 4 is 5.91 Å². The van der Waals surface area contributed by atoms with Crippen LogP contribution in [0.1, 0.15) is 19.3 Å². The van der Waals surface area contributed by atoms with Crippen molar-refractivity contribution in [1.82, 2.24) is 5.32 Å². The molecule has 2 aliphatic heterocycles. The van der Waals surface area contributed by atoms with E-state index in [9.17, 15) is 4.79 Å². The molecular formula is C12H13NO2. The lowest BCUT2D eigenvalue weighted by atomic mass is 9.72. The number of nitrogens with one attached hydrogen (secondary N) is 1. The summed E-state index contributed by atoms with van der Waals surface area (Å²) in [6, 6.07) is 0. The number of rotatable bonds is 0. The third-order valence-electron chi connectivity index (χ3n) is 3.51. The van der Waals surface area contributed by atoms with E-state index in [1.165, 1.54) is 0 Å². The van der Waals surface area contributed by atoms with Crippen LogP contribution >= 0.6 is 0 Å². The van der Waals surface area contributed by atoms with Gasteiger partial charge in [0.2, 0.25) is 5.91 Å². The van der Waals surface area contributed by atoms with Crippen molar-refractivity contribution in [2.45, 2.75) is 19.3 Å². The first-order chi connectivity index (χ1) is 7.33. The van der Waals surface area contributed by atoms with Gasteiger partial charge in [-0.05, 0) is 31.4 Å². The van der Waals surface area contributed by atoms with Gasteiger partial charge in [-0.15, -0.1) is 0 Å². The lowest BCUT2D eigenvalue weighted by molar-refractivity contribution is -0.124. The maximum Gasteiger partial charge on any atom is 0.238 e. The summed E-state index contributed by atoms with van der Waals surface area (Å²) in [5, 5.41) is 2.98. The van der Waals surface area contributed by atoms with Gasteiger partial charge < -0.3 is 10.1 Å². The number of ether oxygens (including phenoxy) is 1. The maximum atomic E-state index is 12.0. The van der Waals surface area contributed by atoms with Crippen molar-refractivity contribution in [1.29, 1.82) is 0 Å². The molecule has 1 saturated heterocycles. The number of allylic oxidation sites excluding steroid dienone is 2. The smallest absolute Gasteiger partial charge is 0.238 e. The van der Waals surface area contributed by atoms with Crippen molar-refractivity contribution in [2.75, 3.05) is 0 Å². The summed E-state index contributed by atoms with van der Waals surface area (Å²) in [7, 11) is 0. The number of carbonyl (C=O) groups is 1. The van der Waals surface area contributed by atoms with Crippen molar-refractivity contribution in [2.24, 2.45) is 11.3 Å². The molecule has 1 atom stereocenters. The molecule has 0 aromatic rings. The summed E-state index contributed by atoms with van der Waals surface area (Å²) in [4.78, 5) is 12.0. The van der Waals surface area contributed by atoms with Crippen LogP contribution in [0.4, 0.5) is 0 Å². The predicted octanol–water partition coefficient (Wildman–Crippen LogP) is 1.84. The first kappa shape index (κ1) is 8.77. The average Bonchev–Trinajstić information content (AvgIpc) is 2.55. The second-order valence-corrected chi connectivity index (χ2v) is 4.27. The lowest BCUT2D eigenvalue weighted by Gasteiger charge is -2.29. The fourth-order valence-corrected chi connectivity index (χ4v) is 2.70. The largest absolute Gasteiger partial charge is 0.473 e. The fourth-order valence-electron chi connectivity index (χ4n) is 2.70. The summed E-state index contributed by atoms with van der Waals surface area (Å²) < 4.78 is 5.02. The van der Waals surface area contributed by atoms with Gasteiger partial charge in [-0.2, -0.15) is 0 Å². The minimum Gasteiger partial charge on any atom is -0.473 e. The Morgan fingerprint density at radius 3 is 3.00 bits per heavy atom. The Hall–Kier alpha value is -1.51. The topological polar surface area (TPSA) is 38.3 Å². The molecule has 1 aliphatic carbocycles. The van der Waals surface area contributed by atoms with E-state index < -0.39 is 5.41 Å². The molecule has 0 bridgehead atoms. The molecule has 0 radical (unpaired) electrons. The number of fused-ring (bicyclic) bond motifs is 2. The third kappa shape index (κ3) is 1.09. The molecule has 0 aromatic carbocycles. The molecule has 0 aromatic heterocycles. The van der Waals surface area contributed by atoms with Gasteiger partial charge in [-0.1, -0.05) is 6.08 Å². The minimum absolute atomic E-state index is 0.0800. The van der Waals surface area contributed by atoms with E-state index in [0.29, 0.717) is 0 Å². The van der Waals surface area contributed by atoms with Gasteiger partial charge >= 0.3 is 0 Å². The van der Waals surface area contributed by atoms with Gasteiger partial charge in [0.25, 0.3) is 0 Å². The molecule has 78 valence electrons. The Morgan fingerprint density at radius 1 is 1.40 bits per heavy atom. The Bertz CT molecular complexity index is 380. The summed E-state index contributed by atoms with van der Waals surface area (Å²) in [5.41, 5.74) is 0.618. The maximum absolute atomic E-state index is 12.0. The van der Waals surface area contributed by atoms with Crippen molar-refractivity contribution < 1.29 is 9.53 Å². The van der Waals surface area contributed by atoms with Gasteiger partial charge in [0.1, 0.15) is 5.41 Å². The number of carbonyl (C=O) groups excluding carboxylic acids is 1. The molecule has 1 amide bonds. The van der Waals surface area contributed by atoms with E-state index in [1.807, 2.05) is 12.2 Å². The van der Waals surface area contributed by atoms with Crippen LogP contribution in [0.3, 0.4) is 0 Å². The lowest BCUT2D eigenvalue weighted by Crippen LogP contribution is -2.32. The van der Waals surface area contributed by atoms with E-state index in [4.69, 9.17) is 4.74 Å². The van der Waals surface area contributed by atoms with Crippen LogP contribution in [0, 0.1) is 11.3 Å². The quantitative estimate of drug-likeness (QED) is 0.652. The Labute approximate surface area is 88.5 Å². The van der Waals surface area contributed by atoms with Crippen molar-refractivity contribution in [3.05, 3.63) is 36.4 Å². The zero-order valence-corrected chi connectivity index (χ0v) is 8.40. The first-order valence-electron chi connectivity index (χ1n) is 5.35. The number of hydrogen-bond donors (Lipinski definition) is 1. The Kier molecular flexibility index (Phi) is 1.75. The number of hydrogen-bond acceptors (Lipinski definition) is 2. The highest BCUT2D eigenvalue weighted by molar-refractivity contribution is 5.92. The first-order valence-corrected chi connectivity index (χ1v) is 5.35. The summed E-state index contributed by atoms with van der Waals surface area (Å²) in [6.45, 7) is 0. The third-order valence-corrected chi connectivity index (χ3v) is 3.51. The van der Waals surface area contributed by atoms with Gasteiger partial charge in [-0.25, -0.2) is 0 Å². The monoisotopic (exact) mass is 203 g/mol. The predicted molar refractivity (Wildman–Crippen MR) is 55.4 cm³/mol. The molecule has 3 heteroatoms. The molecule has 1 spiro atoms. The van der Waals surface area contributed by atoms with Crippen molar-refractivity contribution in [3.63, 3.8) is 0 Å². The van der Waals surface area contributed by atoms with Crippen LogP contribution in [-0.4, -0.2) is 5.91 Å². The standard InChI is InChI=1S/C12H13NO2/c14-11-12(5-7-15-8-6-12)9-3-1-2-4-10(9)13-11/h4-9H,1-3H2,(H,13,14). The molecule has 15 heavy (non-hydrogen) atoms. The van der Waals surface area contributed by atoms with Crippen molar-refractivity contribution in [3.8, 4) is 0 Å². The summed E-state index contributed by atoms with van der Waals surface area (Å²) >= 11 is 0. The highest BCUT2D eigenvalue weighted by Gasteiger charge is 2.50. The molecule has 2 heterocycles. The molecule has 1 N–H and O–H groups in total. The molecule has 3 aliphatic rings. The Morgan fingerprint density at radius 2 is 2.20 bits per heavy atom. The van der Waals surface area contributed by atoms with Crippen LogP contribution < -0.4 is 5.32 Å². The van der Waals surface area contributed by atoms with Gasteiger partial charge in [0.05, 0.1) is 12.5 Å². The normalized spacial score (nSPS) is 30.8. The van der Waals surface area contributed by atoms with Crippen LogP contribution in [0.2, 0.25) is 0 Å². The second kappa shape index (κ2) is 2.99. The molecule has 1 fully saturated rings.